The molecule has 1 aromatic heterocycles. The first-order valence-corrected chi connectivity index (χ1v) is 9.98. The van der Waals surface area contributed by atoms with Crippen molar-refractivity contribution in [3.63, 3.8) is 0 Å². The van der Waals surface area contributed by atoms with Gasteiger partial charge in [-0.05, 0) is 61.2 Å². The fraction of sp³-hybridized carbons (Fsp3) is 0.0909. The highest BCUT2D eigenvalue weighted by molar-refractivity contribution is 7.11. The molecule has 1 N–H and O–H groups in total. The van der Waals surface area contributed by atoms with E-state index in [2.05, 4.69) is 5.32 Å². The van der Waals surface area contributed by atoms with Crippen molar-refractivity contribution in [2.45, 2.75) is 13.8 Å². The Labute approximate surface area is 172 Å². The summed E-state index contributed by atoms with van der Waals surface area (Å²) < 4.78 is 0. The maximum absolute atomic E-state index is 13.2. The number of aryl methyl sites for hydroxylation is 2. The van der Waals surface area contributed by atoms with Gasteiger partial charge in [0, 0.05) is 15.6 Å². The van der Waals surface area contributed by atoms with Crippen LogP contribution in [0.3, 0.4) is 0 Å². The van der Waals surface area contributed by atoms with Crippen molar-refractivity contribution >= 4 is 51.7 Å². The molecule has 0 spiro atoms. The zero-order valence-electron chi connectivity index (χ0n) is 15.3. The average molecular weight is 409 g/mol. The number of imide groups is 1. The van der Waals surface area contributed by atoms with E-state index in [-0.39, 0.29) is 17.5 Å². The second kappa shape index (κ2) is 7.26. The van der Waals surface area contributed by atoms with Crippen molar-refractivity contribution in [3.8, 4) is 0 Å². The fourth-order valence-electron chi connectivity index (χ4n) is 3.21. The van der Waals surface area contributed by atoms with Crippen LogP contribution in [0.5, 0.6) is 0 Å². The summed E-state index contributed by atoms with van der Waals surface area (Å²) in [5, 5.41) is 5.65. The van der Waals surface area contributed by atoms with Crippen LogP contribution in [0.15, 0.2) is 65.7 Å². The van der Waals surface area contributed by atoms with Crippen LogP contribution in [0.25, 0.3) is 5.57 Å². The zero-order valence-corrected chi connectivity index (χ0v) is 16.9. The predicted molar refractivity (Wildman–Crippen MR) is 115 cm³/mol. The van der Waals surface area contributed by atoms with E-state index in [1.165, 1.54) is 16.2 Å². The Kier molecular flexibility index (Phi) is 4.79. The summed E-state index contributed by atoms with van der Waals surface area (Å²) >= 11 is 7.39. The van der Waals surface area contributed by atoms with Gasteiger partial charge in [-0.3, -0.25) is 9.59 Å². The second-order valence-corrected chi connectivity index (χ2v) is 7.98. The number of rotatable bonds is 4. The molecular weight excluding hydrogens is 392 g/mol. The largest absolute Gasteiger partial charge is 0.350 e. The van der Waals surface area contributed by atoms with Gasteiger partial charge in [0.05, 0.1) is 11.3 Å². The standard InChI is InChI=1S/C22H17ClN2O2S/c1-13-5-10-17(14(2)12-13)24-20-19(18-4-3-11-28-18)21(26)25(22(20)27)16-8-6-15(23)7-9-16/h3-12,24H,1-2H3. The van der Waals surface area contributed by atoms with Crippen LogP contribution in [0.1, 0.15) is 16.0 Å². The molecule has 0 unspecified atom stereocenters. The maximum Gasteiger partial charge on any atom is 0.282 e. The molecule has 2 amide bonds. The molecule has 3 aromatic rings. The lowest BCUT2D eigenvalue weighted by Gasteiger charge is -2.16. The number of nitrogens with zero attached hydrogens (tertiary/aromatic N) is 1. The molecule has 0 bridgehead atoms. The third-order valence-corrected chi connectivity index (χ3v) is 5.72. The van der Waals surface area contributed by atoms with Gasteiger partial charge in [0.1, 0.15) is 5.70 Å². The van der Waals surface area contributed by atoms with E-state index < -0.39 is 0 Å². The third-order valence-electron chi connectivity index (χ3n) is 4.58. The molecule has 0 atom stereocenters. The molecule has 1 aliphatic rings. The van der Waals surface area contributed by atoms with Crippen LogP contribution in [0, 0.1) is 13.8 Å². The monoisotopic (exact) mass is 408 g/mol. The van der Waals surface area contributed by atoms with E-state index in [9.17, 15) is 9.59 Å². The molecule has 0 saturated carbocycles. The van der Waals surface area contributed by atoms with Gasteiger partial charge in [-0.25, -0.2) is 4.90 Å². The SMILES string of the molecule is Cc1ccc(NC2=C(c3cccs3)C(=O)N(c3ccc(Cl)cc3)C2=O)c(C)c1. The highest BCUT2D eigenvalue weighted by Gasteiger charge is 2.40. The van der Waals surface area contributed by atoms with E-state index in [1.807, 2.05) is 49.6 Å². The van der Waals surface area contributed by atoms with Crippen molar-refractivity contribution in [1.29, 1.82) is 0 Å². The lowest BCUT2D eigenvalue weighted by Crippen LogP contribution is -2.32. The molecule has 140 valence electrons. The quantitative estimate of drug-likeness (QED) is 0.587. The number of carbonyl (C=O) groups excluding carboxylic acids is 2. The van der Waals surface area contributed by atoms with Gasteiger partial charge >= 0.3 is 0 Å². The zero-order chi connectivity index (χ0) is 19.8. The summed E-state index contributed by atoms with van der Waals surface area (Å²) in [7, 11) is 0. The van der Waals surface area contributed by atoms with E-state index in [0.717, 1.165) is 21.7 Å². The summed E-state index contributed by atoms with van der Waals surface area (Å²) in [4.78, 5) is 28.4. The minimum Gasteiger partial charge on any atom is -0.350 e. The molecule has 6 heteroatoms. The maximum atomic E-state index is 13.2. The molecule has 1 aliphatic heterocycles. The Balaban J connectivity index is 1.80. The number of amides is 2. The summed E-state index contributed by atoms with van der Waals surface area (Å²) in [6, 6.07) is 16.3. The third kappa shape index (κ3) is 3.23. The summed E-state index contributed by atoms with van der Waals surface area (Å²) in [6.45, 7) is 3.98. The van der Waals surface area contributed by atoms with Crippen LogP contribution in [0.2, 0.25) is 5.02 Å². The van der Waals surface area contributed by atoms with E-state index in [0.29, 0.717) is 16.3 Å². The number of hydrogen-bond donors (Lipinski definition) is 1. The van der Waals surface area contributed by atoms with Crippen LogP contribution < -0.4 is 10.2 Å². The van der Waals surface area contributed by atoms with Gasteiger partial charge in [-0.2, -0.15) is 0 Å². The van der Waals surface area contributed by atoms with Crippen LogP contribution >= 0.6 is 22.9 Å². The molecular formula is C22H17ClN2O2S. The molecule has 0 aliphatic carbocycles. The normalized spacial score (nSPS) is 14.2. The summed E-state index contributed by atoms with van der Waals surface area (Å²) in [6.07, 6.45) is 0. The van der Waals surface area contributed by atoms with Gasteiger partial charge in [0.2, 0.25) is 0 Å². The minimum atomic E-state index is -0.379. The Hall–Kier alpha value is -2.89. The number of anilines is 2. The first-order chi connectivity index (χ1) is 13.5. The Bertz CT molecular complexity index is 1100. The highest BCUT2D eigenvalue weighted by atomic mass is 35.5. The molecule has 0 fully saturated rings. The lowest BCUT2D eigenvalue weighted by molar-refractivity contribution is -0.120. The molecule has 4 rings (SSSR count). The van der Waals surface area contributed by atoms with Crippen molar-refractivity contribution in [2.24, 2.45) is 0 Å². The Morgan fingerprint density at radius 3 is 2.36 bits per heavy atom. The van der Waals surface area contributed by atoms with E-state index >= 15 is 0 Å². The summed E-state index contributed by atoms with van der Waals surface area (Å²) in [5.41, 5.74) is 4.10. The van der Waals surface area contributed by atoms with Crippen molar-refractivity contribution in [3.05, 3.63) is 86.7 Å². The predicted octanol–water partition coefficient (Wildman–Crippen LogP) is 5.41. The lowest BCUT2D eigenvalue weighted by atomic mass is 10.1. The Morgan fingerprint density at radius 2 is 1.71 bits per heavy atom. The van der Waals surface area contributed by atoms with Crippen molar-refractivity contribution < 1.29 is 9.59 Å². The molecule has 4 nitrogen and oxygen atoms in total. The highest BCUT2D eigenvalue weighted by Crippen LogP contribution is 2.36. The summed E-state index contributed by atoms with van der Waals surface area (Å²) in [5.74, 6) is -0.724. The number of carbonyl (C=O) groups is 2. The van der Waals surface area contributed by atoms with Gasteiger partial charge in [0.25, 0.3) is 11.8 Å². The second-order valence-electron chi connectivity index (χ2n) is 6.59. The molecule has 0 radical (unpaired) electrons. The first kappa shape index (κ1) is 18.5. The van der Waals surface area contributed by atoms with Crippen molar-refractivity contribution in [2.75, 3.05) is 10.2 Å². The van der Waals surface area contributed by atoms with E-state index in [1.54, 1.807) is 24.3 Å². The van der Waals surface area contributed by atoms with Crippen LogP contribution in [0.4, 0.5) is 11.4 Å². The molecule has 2 heterocycles. The fourth-order valence-corrected chi connectivity index (χ4v) is 4.10. The molecule has 2 aromatic carbocycles. The van der Waals surface area contributed by atoms with E-state index in [4.69, 9.17) is 11.6 Å². The van der Waals surface area contributed by atoms with Gasteiger partial charge in [-0.1, -0.05) is 35.4 Å². The van der Waals surface area contributed by atoms with Gasteiger partial charge < -0.3 is 5.32 Å². The number of thiophene rings is 1. The first-order valence-electron chi connectivity index (χ1n) is 8.72. The van der Waals surface area contributed by atoms with Gasteiger partial charge in [0.15, 0.2) is 0 Å². The van der Waals surface area contributed by atoms with Gasteiger partial charge in [-0.15, -0.1) is 11.3 Å². The Morgan fingerprint density at radius 1 is 0.964 bits per heavy atom. The minimum absolute atomic E-state index is 0.286. The molecule has 0 saturated heterocycles. The number of halogens is 1. The smallest absolute Gasteiger partial charge is 0.282 e. The topological polar surface area (TPSA) is 49.4 Å². The van der Waals surface area contributed by atoms with Crippen molar-refractivity contribution in [1.82, 2.24) is 0 Å². The molecule has 28 heavy (non-hydrogen) atoms. The van der Waals surface area contributed by atoms with Crippen LogP contribution in [-0.2, 0) is 9.59 Å². The number of benzene rings is 2. The number of hydrogen-bond acceptors (Lipinski definition) is 4. The average Bonchev–Trinajstić information content (AvgIpc) is 3.26. The number of nitrogens with one attached hydrogen (secondary N) is 1. The van der Waals surface area contributed by atoms with Crippen LogP contribution in [-0.4, -0.2) is 11.8 Å².